The van der Waals surface area contributed by atoms with Crippen molar-refractivity contribution in [2.24, 2.45) is 5.92 Å². The maximum atomic E-state index is 12.7. The number of hydrogen-bond acceptors (Lipinski definition) is 6. The summed E-state index contributed by atoms with van der Waals surface area (Å²) in [5.41, 5.74) is -0.818. The quantitative estimate of drug-likeness (QED) is 0.757. The molecule has 2 fully saturated rings. The molecule has 2 aliphatic rings. The predicted octanol–water partition coefficient (Wildman–Crippen LogP) is 0.626. The normalized spacial score (nSPS) is 27.8. The number of hydrogen-bond donors (Lipinski definition) is 1. The SMILES string of the molecule is CCCn1nnnc1CN1CCC[C@@H]([C@@]2(C)NC(=O)N(CC)C2=O)C1. The molecule has 0 bridgehead atoms. The third kappa shape index (κ3) is 3.24. The van der Waals surface area contributed by atoms with Gasteiger partial charge in [-0.15, -0.1) is 5.10 Å². The third-order valence-electron chi connectivity index (χ3n) is 5.35. The highest BCUT2D eigenvalue weighted by molar-refractivity contribution is 6.07. The van der Waals surface area contributed by atoms with Gasteiger partial charge >= 0.3 is 6.03 Å². The van der Waals surface area contributed by atoms with Gasteiger partial charge in [-0.1, -0.05) is 6.92 Å². The van der Waals surface area contributed by atoms with Crippen LogP contribution in [0.2, 0.25) is 0 Å². The molecule has 1 aromatic rings. The zero-order valence-electron chi connectivity index (χ0n) is 15.2. The molecule has 2 atom stereocenters. The summed E-state index contributed by atoms with van der Waals surface area (Å²) in [6, 6.07) is -0.279. The van der Waals surface area contributed by atoms with Crippen molar-refractivity contribution in [2.45, 2.75) is 58.7 Å². The Bertz CT molecular complexity index is 646. The van der Waals surface area contributed by atoms with Crippen LogP contribution in [0, 0.1) is 5.92 Å². The minimum atomic E-state index is -0.818. The second-order valence-corrected chi connectivity index (χ2v) is 7.07. The molecule has 1 aromatic heterocycles. The van der Waals surface area contributed by atoms with E-state index < -0.39 is 5.54 Å². The fraction of sp³-hybridized carbons (Fsp3) is 0.812. The molecule has 138 valence electrons. The van der Waals surface area contributed by atoms with Crippen LogP contribution in [0.4, 0.5) is 4.79 Å². The highest BCUT2D eigenvalue weighted by Gasteiger charge is 2.52. The number of rotatable bonds is 6. The van der Waals surface area contributed by atoms with E-state index in [1.54, 1.807) is 0 Å². The molecule has 0 aromatic carbocycles. The van der Waals surface area contributed by atoms with E-state index in [9.17, 15) is 9.59 Å². The van der Waals surface area contributed by atoms with Gasteiger partial charge in [0.15, 0.2) is 5.82 Å². The largest absolute Gasteiger partial charge is 0.325 e. The molecule has 2 saturated heterocycles. The first-order valence-corrected chi connectivity index (χ1v) is 9.11. The summed E-state index contributed by atoms with van der Waals surface area (Å²) < 4.78 is 1.84. The van der Waals surface area contributed by atoms with Gasteiger partial charge in [0.05, 0.1) is 6.54 Å². The van der Waals surface area contributed by atoms with E-state index in [1.807, 2.05) is 18.5 Å². The Morgan fingerprint density at radius 2 is 2.12 bits per heavy atom. The van der Waals surface area contributed by atoms with Crippen LogP contribution in [0.1, 0.15) is 45.9 Å². The molecule has 9 heteroatoms. The number of aromatic nitrogens is 4. The van der Waals surface area contributed by atoms with Crippen molar-refractivity contribution in [2.75, 3.05) is 19.6 Å². The minimum Gasteiger partial charge on any atom is -0.323 e. The number of likely N-dealkylation sites (tertiary alicyclic amines) is 1. The van der Waals surface area contributed by atoms with Crippen LogP contribution < -0.4 is 5.32 Å². The van der Waals surface area contributed by atoms with Gasteiger partial charge in [-0.05, 0) is 50.1 Å². The van der Waals surface area contributed by atoms with Crippen LogP contribution in [0.3, 0.4) is 0 Å². The summed E-state index contributed by atoms with van der Waals surface area (Å²) in [6.45, 7) is 9.35. The average Bonchev–Trinajstić information content (AvgIpc) is 3.11. The van der Waals surface area contributed by atoms with E-state index in [2.05, 4.69) is 32.7 Å². The monoisotopic (exact) mass is 349 g/mol. The molecule has 0 spiro atoms. The number of aryl methyl sites for hydroxylation is 1. The van der Waals surface area contributed by atoms with Crippen molar-refractivity contribution >= 4 is 11.9 Å². The van der Waals surface area contributed by atoms with E-state index in [0.29, 0.717) is 13.1 Å². The first-order chi connectivity index (χ1) is 12.0. The number of nitrogens with one attached hydrogen (secondary N) is 1. The van der Waals surface area contributed by atoms with Crippen molar-refractivity contribution in [3.8, 4) is 0 Å². The van der Waals surface area contributed by atoms with Crippen LogP contribution in [0.15, 0.2) is 0 Å². The van der Waals surface area contributed by atoms with Gasteiger partial charge < -0.3 is 5.32 Å². The van der Waals surface area contributed by atoms with Gasteiger partial charge in [-0.2, -0.15) is 0 Å². The maximum Gasteiger partial charge on any atom is 0.325 e. The Balaban J connectivity index is 1.70. The summed E-state index contributed by atoms with van der Waals surface area (Å²) in [5.74, 6) is 0.831. The molecular formula is C16H27N7O2. The molecule has 0 aliphatic carbocycles. The Hall–Kier alpha value is -2.03. The smallest absolute Gasteiger partial charge is 0.323 e. The Kier molecular flexibility index (Phi) is 5.03. The molecule has 0 radical (unpaired) electrons. The number of amides is 3. The summed E-state index contributed by atoms with van der Waals surface area (Å²) in [5, 5.41) is 14.9. The van der Waals surface area contributed by atoms with Gasteiger partial charge in [0.25, 0.3) is 5.91 Å². The summed E-state index contributed by atoms with van der Waals surface area (Å²) in [4.78, 5) is 28.4. The van der Waals surface area contributed by atoms with Crippen molar-refractivity contribution in [1.82, 2.24) is 35.3 Å². The van der Waals surface area contributed by atoms with Gasteiger partial charge in [0.2, 0.25) is 0 Å². The lowest BCUT2D eigenvalue weighted by molar-refractivity contribution is -0.133. The molecule has 0 unspecified atom stereocenters. The van der Waals surface area contributed by atoms with Crippen molar-refractivity contribution in [3.63, 3.8) is 0 Å². The third-order valence-corrected chi connectivity index (χ3v) is 5.35. The summed E-state index contributed by atoms with van der Waals surface area (Å²) in [6.07, 6.45) is 2.90. The molecule has 3 rings (SSSR count). The predicted molar refractivity (Wildman–Crippen MR) is 90.4 cm³/mol. The van der Waals surface area contributed by atoms with Crippen LogP contribution >= 0.6 is 0 Å². The second-order valence-electron chi connectivity index (χ2n) is 7.07. The second kappa shape index (κ2) is 7.07. The van der Waals surface area contributed by atoms with Gasteiger partial charge in [-0.25, -0.2) is 9.48 Å². The fourth-order valence-electron chi connectivity index (χ4n) is 3.87. The van der Waals surface area contributed by atoms with Crippen LogP contribution in [-0.4, -0.2) is 67.1 Å². The maximum absolute atomic E-state index is 12.7. The molecule has 3 amide bonds. The van der Waals surface area contributed by atoms with E-state index in [-0.39, 0.29) is 17.9 Å². The number of nitrogens with zero attached hydrogens (tertiary/aromatic N) is 6. The first kappa shape index (κ1) is 17.8. The van der Waals surface area contributed by atoms with Crippen molar-refractivity contribution in [3.05, 3.63) is 5.82 Å². The number of imide groups is 1. The molecule has 25 heavy (non-hydrogen) atoms. The molecule has 2 aliphatic heterocycles. The van der Waals surface area contributed by atoms with Gasteiger partial charge in [-0.3, -0.25) is 14.6 Å². The summed E-state index contributed by atoms with van der Waals surface area (Å²) in [7, 11) is 0. The lowest BCUT2D eigenvalue weighted by Crippen LogP contribution is -2.55. The highest BCUT2D eigenvalue weighted by atomic mass is 16.2. The number of carbonyl (C=O) groups excluding carboxylic acids is 2. The van der Waals surface area contributed by atoms with E-state index in [0.717, 1.165) is 44.7 Å². The zero-order valence-corrected chi connectivity index (χ0v) is 15.2. The van der Waals surface area contributed by atoms with E-state index >= 15 is 0 Å². The minimum absolute atomic E-state index is 0.0877. The van der Waals surface area contributed by atoms with E-state index in [4.69, 9.17) is 0 Å². The number of tetrazole rings is 1. The highest BCUT2D eigenvalue weighted by Crippen LogP contribution is 2.32. The first-order valence-electron chi connectivity index (χ1n) is 9.11. The molecule has 9 nitrogen and oxygen atoms in total. The lowest BCUT2D eigenvalue weighted by atomic mass is 9.80. The van der Waals surface area contributed by atoms with Gasteiger partial charge in [0, 0.05) is 25.6 Å². The molecular weight excluding hydrogens is 322 g/mol. The Morgan fingerprint density at radius 3 is 2.80 bits per heavy atom. The standard InChI is InChI=1S/C16H27N7O2/c1-4-8-23-13(18-19-20-23)11-21-9-6-7-12(10-21)16(3)14(24)22(5-2)15(25)17-16/h12H,4-11H2,1-3H3,(H,17,25)/t12-,16-/m1/s1. The lowest BCUT2D eigenvalue weighted by Gasteiger charge is -2.39. The van der Waals surface area contributed by atoms with Crippen molar-refractivity contribution in [1.29, 1.82) is 0 Å². The molecule has 3 heterocycles. The van der Waals surface area contributed by atoms with Crippen molar-refractivity contribution < 1.29 is 9.59 Å². The summed E-state index contributed by atoms with van der Waals surface area (Å²) >= 11 is 0. The topological polar surface area (TPSA) is 96.2 Å². The number of likely N-dealkylation sites (N-methyl/N-ethyl adjacent to an activating group) is 1. The van der Waals surface area contributed by atoms with Gasteiger partial charge in [0.1, 0.15) is 5.54 Å². The van der Waals surface area contributed by atoms with E-state index in [1.165, 1.54) is 4.90 Å². The number of urea groups is 1. The van der Waals surface area contributed by atoms with Crippen LogP contribution in [-0.2, 0) is 17.9 Å². The number of carbonyl (C=O) groups is 2. The molecule has 0 saturated carbocycles. The fourth-order valence-corrected chi connectivity index (χ4v) is 3.87. The van der Waals surface area contributed by atoms with Crippen LogP contribution in [0.5, 0.6) is 0 Å². The Morgan fingerprint density at radius 1 is 1.32 bits per heavy atom. The van der Waals surface area contributed by atoms with Crippen LogP contribution in [0.25, 0.3) is 0 Å². The Labute approximate surface area is 147 Å². The zero-order chi connectivity index (χ0) is 18.0. The molecule has 1 N–H and O–H groups in total. The average molecular weight is 349 g/mol. The number of piperidine rings is 1.